The summed E-state index contributed by atoms with van der Waals surface area (Å²) in [6.45, 7) is 4.06. The highest BCUT2D eigenvalue weighted by Gasteiger charge is 2.11. The summed E-state index contributed by atoms with van der Waals surface area (Å²) in [6.07, 6.45) is -0.866. The number of aliphatic hydroxyl groups is 2. The van der Waals surface area contributed by atoms with E-state index in [9.17, 15) is 10.2 Å². The molecule has 0 radical (unpaired) electrons. The summed E-state index contributed by atoms with van der Waals surface area (Å²) < 4.78 is 0. The maximum Gasteiger partial charge on any atom is 0.0781 e. The van der Waals surface area contributed by atoms with Crippen molar-refractivity contribution in [1.29, 1.82) is 0 Å². The minimum atomic E-state index is -0.488. The van der Waals surface area contributed by atoms with Crippen LogP contribution >= 0.6 is 0 Å². The maximum atomic E-state index is 9.60. The molecule has 0 spiro atoms. The van der Waals surface area contributed by atoms with Crippen molar-refractivity contribution in [3.8, 4) is 0 Å². The van der Waals surface area contributed by atoms with Gasteiger partial charge in [0.05, 0.1) is 12.2 Å². The van der Waals surface area contributed by atoms with Gasteiger partial charge in [-0.2, -0.15) is 0 Å². The number of hydrogen-bond acceptors (Lipinski definition) is 3. The lowest BCUT2D eigenvalue weighted by atomic mass is 10.1. The number of nitrogens with zero attached hydrogens (tertiary/aromatic N) is 1. The Bertz CT molecular complexity index is 310. The molecule has 0 saturated heterocycles. The van der Waals surface area contributed by atoms with Crippen LogP contribution in [0.15, 0.2) is 24.3 Å². The summed E-state index contributed by atoms with van der Waals surface area (Å²) in [5.41, 5.74) is 1.86. The van der Waals surface area contributed by atoms with Gasteiger partial charge in [0.2, 0.25) is 0 Å². The maximum absolute atomic E-state index is 9.60. The highest BCUT2D eigenvalue weighted by molar-refractivity contribution is 5.53. The molecule has 0 aliphatic carbocycles. The smallest absolute Gasteiger partial charge is 0.0781 e. The lowest BCUT2D eigenvalue weighted by Gasteiger charge is -2.24. The van der Waals surface area contributed by atoms with E-state index in [0.717, 1.165) is 11.3 Å². The third-order valence-electron chi connectivity index (χ3n) is 2.34. The zero-order valence-corrected chi connectivity index (χ0v) is 9.51. The zero-order valence-electron chi connectivity index (χ0n) is 9.51. The molecule has 15 heavy (non-hydrogen) atoms. The van der Waals surface area contributed by atoms with Crippen LogP contribution in [0.25, 0.3) is 0 Å². The summed E-state index contributed by atoms with van der Waals surface area (Å²) in [7, 11) is 1.91. The molecule has 0 amide bonds. The van der Waals surface area contributed by atoms with Crippen molar-refractivity contribution in [1.82, 2.24) is 0 Å². The molecular formula is C12H19NO2. The fourth-order valence-corrected chi connectivity index (χ4v) is 1.68. The number of rotatable bonds is 4. The van der Waals surface area contributed by atoms with E-state index in [2.05, 4.69) is 0 Å². The Morgan fingerprint density at radius 3 is 2.33 bits per heavy atom. The highest BCUT2D eigenvalue weighted by atomic mass is 16.3. The lowest BCUT2D eigenvalue weighted by molar-refractivity contribution is 0.195. The Morgan fingerprint density at radius 2 is 1.80 bits per heavy atom. The number of hydrogen-bond donors (Lipinski definition) is 2. The van der Waals surface area contributed by atoms with Crippen LogP contribution < -0.4 is 4.90 Å². The predicted molar refractivity (Wildman–Crippen MR) is 62.0 cm³/mol. The monoisotopic (exact) mass is 209 g/mol. The molecule has 0 aliphatic heterocycles. The first-order valence-corrected chi connectivity index (χ1v) is 5.18. The van der Waals surface area contributed by atoms with Gasteiger partial charge in [0.15, 0.2) is 0 Å². The van der Waals surface area contributed by atoms with E-state index in [4.69, 9.17) is 0 Å². The van der Waals surface area contributed by atoms with Crippen molar-refractivity contribution in [3.05, 3.63) is 29.8 Å². The molecule has 1 aromatic carbocycles. The van der Waals surface area contributed by atoms with Crippen LogP contribution in [0.2, 0.25) is 0 Å². The number of likely N-dealkylation sites (N-methyl/N-ethyl adjacent to an activating group) is 1. The predicted octanol–water partition coefficient (Wildman–Crippen LogP) is 1.56. The minimum absolute atomic E-state index is 0.378. The Balaban J connectivity index is 2.92. The fourth-order valence-electron chi connectivity index (χ4n) is 1.68. The molecule has 1 rings (SSSR count). The van der Waals surface area contributed by atoms with Gasteiger partial charge in [0.25, 0.3) is 0 Å². The van der Waals surface area contributed by atoms with Crippen molar-refractivity contribution in [2.45, 2.75) is 26.1 Å². The minimum Gasteiger partial charge on any atom is -0.392 e. The molecule has 2 N–H and O–H groups in total. The molecule has 0 fully saturated rings. The molecule has 84 valence electrons. The average Bonchev–Trinajstić information content (AvgIpc) is 2.16. The molecule has 0 aliphatic rings. The fraction of sp³-hybridized carbons (Fsp3) is 0.500. The van der Waals surface area contributed by atoms with Gasteiger partial charge in [-0.15, -0.1) is 0 Å². The third kappa shape index (κ3) is 3.22. The Hall–Kier alpha value is -1.06. The van der Waals surface area contributed by atoms with Crippen molar-refractivity contribution >= 4 is 5.69 Å². The molecule has 2 unspecified atom stereocenters. The van der Waals surface area contributed by atoms with Crippen LogP contribution in [0, 0.1) is 0 Å². The van der Waals surface area contributed by atoms with E-state index in [1.807, 2.05) is 36.2 Å². The van der Waals surface area contributed by atoms with Crippen molar-refractivity contribution in [2.75, 3.05) is 18.5 Å². The van der Waals surface area contributed by atoms with Gasteiger partial charge in [-0.1, -0.05) is 18.2 Å². The van der Waals surface area contributed by atoms with Crippen LogP contribution in [0.5, 0.6) is 0 Å². The SMILES string of the molecule is CC(O)CN(C)c1ccccc1C(C)O. The first-order chi connectivity index (χ1) is 7.02. The molecule has 0 saturated carbocycles. The Morgan fingerprint density at radius 1 is 1.20 bits per heavy atom. The molecule has 0 heterocycles. The molecule has 3 heteroatoms. The Kier molecular flexibility index (Phi) is 4.12. The largest absolute Gasteiger partial charge is 0.392 e. The molecule has 1 aromatic rings. The van der Waals surface area contributed by atoms with Gasteiger partial charge in [0.1, 0.15) is 0 Å². The number of anilines is 1. The van der Waals surface area contributed by atoms with Crippen molar-refractivity contribution in [3.63, 3.8) is 0 Å². The summed E-state index contributed by atoms with van der Waals surface area (Å²) in [5.74, 6) is 0. The quantitative estimate of drug-likeness (QED) is 0.791. The van der Waals surface area contributed by atoms with Gasteiger partial charge in [0, 0.05) is 24.8 Å². The van der Waals surface area contributed by atoms with Gasteiger partial charge in [-0.3, -0.25) is 0 Å². The third-order valence-corrected chi connectivity index (χ3v) is 2.34. The van der Waals surface area contributed by atoms with Crippen LogP contribution in [-0.2, 0) is 0 Å². The summed E-state index contributed by atoms with van der Waals surface area (Å²) >= 11 is 0. The zero-order chi connectivity index (χ0) is 11.4. The standard InChI is InChI=1S/C12H19NO2/c1-9(14)8-13(3)12-7-5-4-6-11(12)10(2)15/h4-7,9-10,14-15H,8H2,1-3H3. The van der Waals surface area contributed by atoms with E-state index in [-0.39, 0.29) is 6.10 Å². The van der Waals surface area contributed by atoms with E-state index in [0.29, 0.717) is 6.54 Å². The van der Waals surface area contributed by atoms with Crippen LogP contribution in [0.4, 0.5) is 5.69 Å². The second-order valence-corrected chi connectivity index (χ2v) is 3.96. The number of para-hydroxylation sites is 1. The second-order valence-electron chi connectivity index (χ2n) is 3.96. The number of benzene rings is 1. The van der Waals surface area contributed by atoms with E-state index >= 15 is 0 Å². The van der Waals surface area contributed by atoms with Crippen LogP contribution in [0.1, 0.15) is 25.5 Å². The summed E-state index contributed by atoms with van der Waals surface area (Å²) in [5, 5.41) is 18.9. The molecular weight excluding hydrogens is 190 g/mol. The normalized spacial score (nSPS) is 14.7. The molecule has 3 nitrogen and oxygen atoms in total. The van der Waals surface area contributed by atoms with E-state index in [1.54, 1.807) is 13.8 Å². The topological polar surface area (TPSA) is 43.7 Å². The van der Waals surface area contributed by atoms with E-state index in [1.165, 1.54) is 0 Å². The molecule has 0 aromatic heterocycles. The van der Waals surface area contributed by atoms with Gasteiger partial charge in [-0.25, -0.2) is 0 Å². The highest BCUT2D eigenvalue weighted by Crippen LogP contribution is 2.25. The van der Waals surface area contributed by atoms with Gasteiger partial charge < -0.3 is 15.1 Å². The first kappa shape index (κ1) is 12.0. The van der Waals surface area contributed by atoms with Crippen molar-refractivity contribution < 1.29 is 10.2 Å². The van der Waals surface area contributed by atoms with Gasteiger partial charge in [-0.05, 0) is 19.9 Å². The van der Waals surface area contributed by atoms with Crippen LogP contribution in [0.3, 0.4) is 0 Å². The summed E-state index contributed by atoms with van der Waals surface area (Å²) in [4.78, 5) is 1.95. The Labute approximate surface area is 91.0 Å². The number of aliphatic hydroxyl groups excluding tert-OH is 2. The first-order valence-electron chi connectivity index (χ1n) is 5.18. The lowest BCUT2D eigenvalue weighted by Crippen LogP contribution is -2.27. The van der Waals surface area contributed by atoms with Gasteiger partial charge >= 0.3 is 0 Å². The molecule has 2 atom stereocenters. The van der Waals surface area contributed by atoms with Crippen molar-refractivity contribution in [2.24, 2.45) is 0 Å². The van der Waals surface area contributed by atoms with E-state index < -0.39 is 6.10 Å². The van der Waals surface area contributed by atoms with Crippen LogP contribution in [-0.4, -0.2) is 29.9 Å². The average molecular weight is 209 g/mol. The summed E-state index contributed by atoms with van der Waals surface area (Å²) in [6, 6.07) is 7.69. The second kappa shape index (κ2) is 5.14. The molecule has 0 bridgehead atoms.